The second-order valence-corrected chi connectivity index (χ2v) is 5.84. The molecule has 1 aliphatic rings. The fraction of sp³-hybridized carbons (Fsp3) is 0.357. The van der Waals surface area contributed by atoms with E-state index in [-0.39, 0.29) is 0 Å². The molecule has 0 saturated heterocycles. The van der Waals surface area contributed by atoms with Crippen molar-refractivity contribution in [1.82, 2.24) is 9.78 Å². The van der Waals surface area contributed by atoms with Crippen LogP contribution in [0.3, 0.4) is 0 Å². The molecule has 1 aromatic carbocycles. The lowest BCUT2D eigenvalue weighted by Crippen LogP contribution is -2.00. The van der Waals surface area contributed by atoms with Crippen LogP contribution in [0.2, 0.25) is 10.0 Å². The summed E-state index contributed by atoms with van der Waals surface area (Å²) in [5, 5.41) is 5.81. The normalized spacial score (nSPS) is 16.1. The van der Waals surface area contributed by atoms with Gasteiger partial charge < -0.3 is 5.73 Å². The van der Waals surface area contributed by atoms with Gasteiger partial charge in [-0.3, -0.25) is 0 Å². The minimum absolute atomic E-state index is 0.493. The summed E-state index contributed by atoms with van der Waals surface area (Å²) >= 11 is 12.1. The highest BCUT2D eigenvalue weighted by Crippen LogP contribution is 2.36. The van der Waals surface area contributed by atoms with Crippen LogP contribution < -0.4 is 5.73 Å². The van der Waals surface area contributed by atoms with E-state index in [1.54, 1.807) is 16.8 Å². The second kappa shape index (κ2) is 5.06. The van der Waals surface area contributed by atoms with Crippen LogP contribution in [0.4, 0.5) is 5.69 Å². The van der Waals surface area contributed by atoms with Crippen molar-refractivity contribution >= 4 is 28.9 Å². The molecule has 1 fully saturated rings. The predicted molar refractivity (Wildman–Crippen MR) is 79.2 cm³/mol. The Morgan fingerprint density at radius 3 is 2.63 bits per heavy atom. The molecular weight excluding hydrogens is 281 g/mol. The molecule has 1 aromatic heterocycles. The number of rotatable bonds is 2. The van der Waals surface area contributed by atoms with E-state index in [1.807, 2.05) is 12.3 Å². The Hall–Kier alpha value is -1.19. The maximum Gasteiger partial charge on any atom is 0.0889 e. The molecule has 0 radical (unpaired) electrons. The Kier molecular flexibility index (Phi) is 3.42. The number of anilines is 1. The van der Waals surface area contributed by atoms with Crippen molar-refractivity contribution in [3.05, 3.63) is 40.1 Å². The maximum absolute atomic E-state index is 6.20. The SMILES string of the molecule is Nc1cn(-c2ccc(Cl)cc2Cl)nc1C1CCCC1. The summed E-state index contributed by atoms with van der Waals surface area (Å²) in [6.45, 7) is 0. The van der Waals surface area contributed by atoms with E-state index in [9.17, 15) is 0 Å². The summed E-state index contributed by atoms with van der Waals surface area (Å²) in [5.74, 6) is 0.493. The summed E-state index contributed by atoms with van der Waals surface area (Å²) in [7, 11) is 0. The van der Waals surface area contributed by atoms with E-state index in [1.165, 1.54) is 25.7 Å². The highest BCUT2D eigenvalue weighted by Gasteiger charge is 2.22. The molecule has 3 rings (SSSR count). The van der Waals surface area contributed by atoms with Crippen molar-refractivity contribution in [3.8, 4) is 5.69 Å². The van der Waals surface area contributed by atoms with Crippen LogP contribution in [0.1, 0.15) is 37.3 Å². The lowest BCUT2D eigenvalue weighted by atomic mass is 10.0. The van der Waals surface area contributed by atoms with E-state index in [0.717, 1.165) is 17.1 Å². The molecule has 19 heavy (non-hydrogen) atoms. The molecule has 0 amide bonds. The third-order valence-electron chi connectivity index (χ3n) is 3.67. The Morgan fingerprint density at radius 1 is 1.21 bits per heavy atom. The molecule has 100 valence electrons. The first-order chi connectivity index (χ1) is 9.15. The molecule has 2 aromatic rings. The fourth-order valence-corrected chi connectivity index (χ4v) is 3.20. The number of nitrogen functional groups attached to an aromatic ring is 1. The number of nitrogens with zero attached hydrogens (tertiary/aromatic N) is 2. The van der Waals surface area contributed by atoms with Crippen molar-refractivity contribution < 1.29 is 0 Å². The zero-order chi connectivity index (χ0) is 13.4. The molecular formula is C14H15Cl2N3. The van der Waals surface area contributed by atoms with Gasteiger partial charge in [0.25, 0.3) is 0 Å². The molecule has 0 bridgehead atoms. The van der Waals surface area contributed by atoms with Gasteiger partial charge in [-0.2, -0.15) is 5.10 Å². The first-order valence-electron chi connectivity index (χ1n) is 6.45. The number of hydrogen-bond acceptors (Lipinski definition) is 2. The maximum atomic E-state index is 6.20. The largest absolute Gasteiger partial charge is 0.396 e. The van der Waals surface area contributed by atoms with Crippen molar-refractivity contribution in [1.29, 1.82) is 0 Å². The predicted octanol–water partition coefficient (Wildman–Crippen LogP) is 4.42. The summed E-state index contributed by atoms with van der Waals surface area (Å²) < 4.78 is 1.75. The van der Waals surface area contributed by atoms with Crippen molar-refractivity contribution in [2.45, 2.75) is 31.6 Å². The first kappa shape index (κ1) is 12.8. The molecule has 0 aliphatic heterocycles. The Labute approximate surface area is 122 Å². The van der Waals surface area contributed by atoms with Crippen molar-refractivity contribution in [3.63, 3.8) is 0 Å². The molecule has 0 atom stereocenters. The smallest absolute Gasteiger partial charge is 0.0889 e. The van der Waals surface area contributed by atoms with Crippen LogP contribution >= 0.6 is 23.2 Å². The van der Waals surface area contributed by atoms with Crippen LogP contribution in [-0.2, 0) is 0 Å². The number of aromatic nitrogens is 2. The topological polar surface area (TPSA) is 43.8 Å². The molecule has 0 spiro atoms. The minimum atomic E-state index is 0.493. The number of halogens is 2. The highest BCUT2D eigenvalue weighted by atomic mass is 35.5. The van der Waals surface area contributed by atoms with E-state index in [4.69, 9.17) is 28.9 Å². The summed E-state index contributed by atoms with van der Waals surface area (Å²) in [4.78, 5) is 0. The van der Waals surface area contributed by atoms with E-state index in [0.29, 0.717) is 16.0 Å². The van der Waals surface area contributed by atoms with Gasteiger partial charge in [0.1, 0.15) is 0 Å². The van der Waals surface area contributed by atoms with E-state index in [2.05, 4.69) is 5.10 Å². The quantitative estimate of drug-likeness (QED) is 0.891. The van der Waals surface area contributed by atoms with Crippen LogP contribution in [0.15, 0.2) is 24.4 Å². The first-order valence-corrected chi connectivity index (χ1v) is 7.21. The van der Waals surface area contributed by atoms with E-state index >= 15 is 0 Å². The number of hydrogen-bond donors (Lipinski definition) is 1. The number of nitrogens with two attached hydrogens (primary N) is 1. The molecule has 0 unspecified atom stereocenters. The Morgan fingerprint density at radius 2 is 1.95 bits per heavy atom. The van der Waals surface area contributed by atoms with Gasteiger partial charge in [-0.25, -0.2) is 4.68 Å². The third kappa shape index (κ3) is 2.45. The van der Waals surface area contributed by atoms with E-state index < -0.39 is 0 Å². The second-order valence-electron chi connectivity index (χ2n) is 4.99. The molecule has 3 nitrogen and oxygen atoms in total. The molecule has 1 heterocycles. The molecule has 2 N–H and O–H groups in total. The summed E-state index contributed by atoms with van der Waals surface area (Å²) in [6.07, 6.45) is 6.71. The van der Waals surface area contributed by atoms with Gasteiger partial charge in [0.2, 0.25) is 0 Å². The standard InChI is InChI=1S/C14H15Cl2N3/c15-10-5-6-13(11(16)7-10)19-8-12(17)14(18-19)9-3-1-2-4-9/h5-9H,1-4,17H2. The Balaban J connectivity index is 1.99. The average Bonchev–Trinajstić information content (AvgIpc) is 2.98. The van der Waals surface area contributed by atoms with Crippen molar-refractivity contribution in [2.75, 3.05) is 5.73 Å². The van der Waals surface area contributed by atoms with Crippen LogP contribution in [0.5, 0.6) is 0 Å². The summed E-state index contributed by atoms with van der Waals surface area (Å²) in [6, 6.07) is 5.37. The monoisotopic (exact) mass is 295 g/mol. The molecule has 1 saturated carbocycles. The zero-order valence-electron chi connectivity index (χ0n) is 10.4. The zero-order valence-corrected chi connectivity index (χ0v) is 12.0. The van der Waals surface area contributed by atoms with Gasteiger partial charge in [-0.05, 0) is 31.0 Å². The van der Waals surface area contributed by atoms with Gasteiger partial charge >= 0.3 is 0 Å². The third-order valence-corrected chi connectivity index (χ3v) is 4.21. The van der Waals surface area contributed by atoms with Crippen LogP contribution in [0.25, 0.3) is 5.69 Å². The van der Waals surface area contributed by atoms with Crippen LogP contribution in [-0.4, -0.2) is 9.78 Å². The van der Waals surface area contributed by atoms with Crippen molar-refractivity contribution in [2.24, 2.45) is 0 Å². The van der Waals surface area contributed by atoms with Gasteiger partial charge in [0.05, 0.1) is 28.3 Å². The average molecular weight is 296 g/mol. The summed E-state index contributed by atoms with van der Waals surface area (Å²) in [5.41, 5.74) is 8.64. The number of benzene rings is 1. The van der Waals surface area contributed by atoms with Gasteiger partial charge in [-0.15, -0.1) is 0 Å². The lowest BCUT2D eigenvalue weighted by Gasteiger charge is -2.06. The van der Waals surface area contributed by atoms with Gasteiger partial charge in [-0.1, -0.05) is 36.0 Å². The molecule has 5 heteroatoms. The lowest BCUT2D eigenvalue weighted by molar-refractivity contribution is 0.680. The fourth-order valence-electron chi connectivity index (χ4n) is 2.71. The van der Waals surface area contributed by atoms with Gasteiger partial charge in [0, 0.05) is 10.9 Å². The Bertz CT molecular complexity index is 601. The van der Waals surface area contributed by atoms with Crippen LogP contribution in [0, 0.1) is 0 Å². The highest BCUT2D eigenvalue weighted by molar-refractivity contribution is 6.35. The molecule has 1 aliphatic carbocycles. The van der Waals surface area contributed by atoms with Gasteiger partial charge in [0.15, 0.2) is 0 Å². The minimum Gasteiger partial charge on any atom is -0.396 e.